The van der Waals surface area contributed by atoms with E-state index in [0.717, 1.165) is 48.8 Å². The maximum atomic E-state index is 11.5. The van der Waals surface area contributed by atoms with Gasteiger partial charge in [-0.05, 0) is 44.2 Å². The molecule has 1 N–H and O–H groups in total. The Hall–Kier alpha value is -2.15. The molecule has 4 rings (SSSR count). The minimum atomic E-state index is 0.186. The molecule has 1 fully saturated rings. The zero-order chi connectivity index (χ0) is 18.4. The molecule has 3 aromatic rings. The molecule has 0 unspecified atom stereocenters. The van der Waals surface area contributed by atoms with Crippen LogP contribution in [0.1, 0.15) is 31.0 Å². The summed E-state index contributed by atoms with van der Waals surface area (Å²) in [5.41, 5.74) is 3.48. The van der Waals surface area contributed by atoms with Crippen LogP contribution in [0.25, 0.3) is 20.4 Å². The number of carbonyl (C=O) groups is 1. The van der Waals surface area contributed by atoms with E-state index in [1.165, 1.54) is 21.2 Å². The predicted octanol–water partition coefficient (Wildman–Crippen LogP) is 3.47. The molecule has 0 spiro atoms. The van der Waals surface area contributed by atoms with Crippen molar-refractivity contribution >= 4 is 43.5 Å². The number of rotatable bonds is 3. The number of hydrogen-bond donors (Lipinski definition) is 1. The number of nitrogens with one attached hydrogen (secondary N) is 1. The number of pyridine rings is 1. The molecule has 0 radical (unpaired) electrons. The molecule has 1 aliphatic heterocycles. The van der Waals surface area contributed by atoms with Gasteiger partial charge in [-0.1, -0.05) is 0 Å². The van der Waals surface area contributed by atoms with Gasteiger partial charge in [0, 0.05) is 44.7 Å². The molecule has 138 valence electrons. The molecule has 4 heterocycles. The third-order valence-electron chi connectivity index (χ3n) is 5.37. The third kappa shape index (κ3) is 2.94. The van der Waals surface area contributed by atoms with Crippen LogP contribution in [-0.4, -0.2) is 45.2 Å². The zero-order valence-electron chi connectivity index (χ0n) is 15.8. The Kier molecular flexibility index (Phi) is 4.34. The lowest BCUT2D eigenvalue weighted by atomic mass is 9.97. The first-order valence-corrected chi connectivity index (χ1v) is 9.98. The standard InChI is InChI=1S/C19H25N5OS/c1-11-9-12(2)21-19-15(11)16-17(26-19)18(22-23(16)4)20-10-14-5-7-24(8-6-14)13(3)25/h9,14H,5-8,10H2,1-4H3,(H,20,22). The molecule has 1 amide bonds. The van der Waals surface area contributed by atoms with Gasteiger partial charge in [-0.3, -0.25) is 9.48 Å². The lowest BCUT2D eigenvalue weighted by Crippen LogP contribution is -2.38. The second kappa shape index (κ2) is 6.54. The van der Waals surface area contributed by atoms with E-state index in [9.17, 15) is 4.79 Å². The monoisotopic (exact) mass is 371 g/mol. The molecule has 0 bridgehead atoms. The SMILES string of the molecule is CC(=O)N1CCC(CNc2nn(C)c3c2sc2nc(C)cc(C)c23)CC1. The third-order valence-corrected chi connectivity index (χ3v) is 6.45. The van der Waals surface area contributed by atoms with Gasteiger partial charge in [-0.15, -0.1) is 11.3 Å². The second-order valence-electron chi connectivity index (χ2n) is 7.34. The maximum absolute atomic E-state index is 11.5. The minimum absolute atomic E-state index is 0.186. The molecular weight excluding hydrogens is 346 g/mol. The van der Waals surface area contributed by atoms with Gasteiger partial charge in [-0.25, -0.2) is 4.98 Å². The van der Waals surface area contributed by atoms with E-state index in [-0.39, 0.29) is 5.91 Å². The number of fused-ring (bicyclic) bond motifs is 3. The van der Waals surface area contributed by atoms with Crippen molar-refractivity contribution in [3.63, 3.8) is 0 Å². The summed E-state index contributed by atoms with van der Waals surface area (Å²) in [5.74, 6) is 1.72. The Balaban J connectivity index is 1.56. The number of piperidine rings is 1. The quantitative estimate of drug-likeness (QED) is 0.766. The Morgan fingerprint density at radius 2 is 2.08 bits per heavy atom. The number of likely N-dealkylation sites (tertiary alicyclic amines) is 1. The number of carbonyl (C=O) groups excluding carboxylic acids is 1. The lowest BCUT2D eigenvalue weighted by molar-refractivity contribution is -0.130. The van der Waals surface area contributed by atoms with Crippen LogP contribution >= 0.6 is 11.3 Å². The molecule has 0 aliphatic carbocycles. The van der Waals surface area contributed by atoms with Crippen molar-refractivity contribution in [1.82, 2.24) is 19.7 Å². The highest BCUT2D eigenvalue weighted by atomic mass is 32.1. The fourth-order valence-electron chi connectivity index (χ4n) is 3.95. The van der Waals surface area contributed by atoms with Gasteiger partial charge in [0.2, 0.25) is 5.91 Å². The van der Waals surface area contributed by atoms with Gasteiger partial charge < -0.3 is 10.2 Å². The fourth-order valence-corrected chi connectivity index (χ4v) is 5.23. The van der Waals surface area contributed by atoms with Gasteiger partial charge in [0.1, 0.15) is 4.83 Å². The predicted molar refractivity (Wildman–Crippen MR) is 107 cm³/mol. The number of aromatic nitrogens is 3. The fraction of sp³-hybridized carbons (Fsp3) is 0.526. The first-order valence-electron chi connectivity index (χ1n) is 9.17. The van der Waals surface area contributed by atoms with Crippen LogP contribution in [0.3, 0.4) is 0 Å². The van der Waals surface area contributed by atoms with Crippen molar-refractivity contribution in [2.45, 2.75) is 33.6 Å². The molecule has 26 heavy (non-hydrogen) atoms. The van der Waals surface area contributed by atoms with Crippen LogP contribution in [0.15, 0.2) is 6.07 Å². The average molecular weight is 372 g/mol. The van der Waals surface area contributed by atoms with E-state index < -0.39 is 0 Å². The second-order valence-corrected chi connectivity index (χ2v) is 8.34. The summed E-state index contributed by atoms with van der Waals surface area (Å²) in [6.07, 6.45) is 2.10. The minimum Gasteiger partial charge on any atom is -0.367 e. The average Bonchev–Trinajstić information content (AvgIpc) is 3.11. The number of aryl methyl sites for hydroxylation is 3. The van der Waals surface area contributed by atoms with E-state index in [0.29, 0.717) is 5.92 Å². The van der Waals surface area contributed by atoms with Gasteiger partial charge in [0.05, 0.1) is 10.2 Å². The number of nitrogens with zero attached hydrogens (tertiary/aromatic N) is 4. The Morgan fingerprint density at radius 1 is 1.35 bits per heavy atom. The number of amides is 1. The zero-order valence-corrected chi connectivity index (χ0v) is 16.6. The first kappa shape index (κ1) is 17.3. The summed E-state index contributed by atoms with van der Waals surface area (Å²) < 4.78 is 3.16. The lowest BCUT2D eigenvalue weighted by Gasteiger charge is -2.31. The van der Waals surface area contributed by atoms with Crippen molar-refractivity contribution in [3.05, 3.63) is 17.3 Å². The first-order chi connectivity index (χ1) is 12.4. The van der Waals surface area contributed by atoms with Crippen molar-refractivity contribution in [2.24, 2.45) is 13.0 Å². The number of anilines is 1. The van der Waals surface area contributed by atoms with E-state index in [4.69, 9.17) is 10.1 Å². The summed E-state index contributed by atoms with van der Waals surface area (Å²) in [6.45, 7) is 8.48. The summed E-state index contributed by atoms with van der Waals surface area (Å²) >= 11 is 1.72. The van der Waals surface area contributed by atoms with Crippen LogP contribution in [-0.2, 0) is 11.8 Å². The molecule has 0 atom stereocenters. The summed E-state index contributed by atoms with van der Waals surface area (Å²) in [6, 6.07) is 2.14. The van der Waals surface area contributed by atoms with Crippen molar-refractivity contribution in [3.8, 4) is 0 Å². The Morgan fingerprint density at radius 3 is 2.77 bits per heavy atom. The summed E-state index contributed by atoms with van der Waals surface area (Å²) in [5, 5.41) is 9.50. The Labute approximate surface area is 157 Å². The van der Waals surface area contributed by atoms with Crippen LogP contribution < -0.4 is 5.32 Å². The molecule has 7 heteroatoms. The molecule has 0 aromatic carbocycles. The highest BCUT2D eigenvalue weighted by Crippen LogP contribution is 2.38. The normalized spacial score (nSPS) is 15.9. The number of hydrogen-bond acceptors (Lipinski definition) is 5. The van der Waals surface area contributed by atoms with Crippen LogP contribution in [0.5, 0.6) is 0 Å². The topological polar surface area (TPSA) is 63.1 Å². The van der Waals surface area contributed by atoms with Crippen molar-refractivity contribution in [1.29, 1.82) is 0 Å². The molecule has 0 saturated carbocycles. The molecule has 3 aromatic heterocycles. The Bertz CT molecular complexity index is 981. The molecule has 6 nitrogen and oxygen atoms in total. The van der Waals surface area contributed by atoms with Gasteiger partial charge in [0.25, 0.3) is 0 Å². The van der Waals surface area contributed by atoms with E-state index >= 15 is 0 Å². The largest absolute Gasteiger partial charge is 0.367 e. The number of thiophene rings is 1. The van der Waals surface area contributed by atoms with Gasteiger partial charge in [0.15, 0.2) is 5.82 Å². The summed E-state index contributed by atoms with van der Waals surface area (Å²) in [7, 11) is 2.00. The van der Waals surface area contributed by atoms with Crippen LogP contribution in [0.2, 0.25) is 0 Å². The highest BCUT2D eigenvalue weighted by Gasteiger charge is 2.22. The van der Waals surface area contributed by atoms with Gasteiger partial charge in [-0.2, -0.15) is 5.10 Å². The summed E-state index contributed by atoms with van der Waals surface area (Å²) in [4.78, 5) is 19.2. The van der Waals surface area contributed by atoms with Crippen molar-refractivity contribution < 1.29 is 4.79 Å². The molecule has 1 aliphatic rings. The molecular formula is C19H25N5OS. The molecule has 1 saturated heterocycles. The van der Waals surface area contributed by atoms with Gasteiger partial charge >= 0.3 is 0 Å². The van der Waals surface area contributed by atoms with E-state index in [2.05, 4.69) is 18.3 Å². The van der Waals surface area contributed by atoms with Crippen LogP contribution in [0.4, 0.5) is 5.82 Å². The van der Waals surface area contributed by atoms with E-state index in [1.54, 1.807) is 18.3 Å². The van der Waals surface area contributed by atoms with Crippen LogP contribution in [0, 0.1) is 19.8 Å². The smallest absolute Gasteiger partial charge is 0.219 e. The van der Waals surface area contributed by atoms with E-state index in [1.807, 2.05) is 23.6 Å². The maximum Gasteiger partial charge on any atom is 0.219 e. The van der Waals surface area contributed by atoms with Crippen molar-refractivity contribution in [2.75, 3.05) is 25.0 Å². The highest BCUT2D eigenvalue weighted by molar-refractivity contribution is 7.26.